The van der Waals surface area contributed by atoms with E-state index in [2.05, 4.69) is 19.7 Å². The second-order valence-electron chi connectivity index (χ2n) is 5.23. The molecule has 0 aliphatic carbocycles. The van der Waals surface area contributed by atoms with Crippen LogP contribution in [0.15, 0.2) is 36.5 Å². The van der Waals surface area contributed by atoms with E-state index in [9.17, 15) is 14.4 Å². The second kappa shape index (κ2) is 14.7. The van der Waals surface area contributed by atoms with Crippen molar-refractivity contribution < 1.29 is 43.5 Å². The van der Waals surface area contributed by atoms with Gasteiger partial charge in [-0.1, -0.05) is 19.7 Å². The van der Waals surface area contributed by atoms with E-state index < -0.39 is 30.0 Å². The zero-order valence-electron chi connectivity index (χ0n) is 17.0. The van der Waals surface area contributed by atoms with Gasteiger partial charge in [-0.05, 0) is 27.7 Å². The molecule has 0 fully saturated rings. The average Bonchev–Trinajstić information content (AvgIpc) is 2.59. The SMILES string of the molecule is C=C(C)C(=O)O.C=C(C)C(=O)O.C=C(C)C(=O)OC(OC)(OC)C(C)OC. The van der Waals surface area contributed by atoms with Gasteiger partial charge < -0.3 is 29.2 Å². The number of carboxylic acid groups (broad SMARTS) is 2. The van der Waals surface area contributed by atoms with Crippen LogP contribution in [0.25, 0.3) is 0 Å². The van der Waals surface area contributed by atoms with Crippen molar-refractivity contribution in [1.29, 1.82) is 0 Å². The summed E-state index contributed by atoms with van der Waals surface area (Å²) in [7, 11) is 4.20. The van der Waals surface area contributed by atoms with Crippen molar-refractivity contribution in [1.82, 2.24) is 0 Å². The standard InChI is InChI=1S/C10H18O5.2C4H6O2/c1-7(2)9(11)15-10(13-5,14-6)8(3)12-4;2*1-3(2)4(5)6/h8H,1H2,2-6H3;2*1H2,2H3,(H,5,6). The molecule has 0 aromatic rings. The molecule has 0 aromatic carbocycles. The van der Waals surface area contributed by atoms with Gasteiger partial charge in [0, 0.05) is 38.0 Å². The first kappa shape index (κ1) is 29.3. The van der Waals surface area contributed by atoms with E-state index in [-0.39, 0.29) is 16.7 Å². The first-order valence-electron chi connectivity index (χ1n) is 7.51. The van der Waals surface area contributed by atoms with Crippen LogP contribution in [0.5, 0.6) is 0 Å². The van der Waals surface area contributed by atoms with Gasteiger partial charge in [-0.2, -0.15) is 0 Å². The van der Waals surface area contributed by atoms with Crippen LogP contribution in [0, 0.1) is 0 Å². The summed E-state index contributed by atoms with van der Waals surface area (Å²) in [5, 5.41) is 15.8. The third kappa shape index (κ3) is 13.4. The summed E-state index contributed by atoms with van der Waals surface area (Å²) in [5.74, 6) is -4.00. The van der Waals surface area contributed by atoms with Crippen LogP contribution in [-0.2, 0) is 33.3 Å². The van der Waals surface area contributed by atoms with Crippen LogP contribution in [-0.4, -0.2) is 61.5 Å². The molecule has 0 rings (SSSR count). The van der Waals surface area contributed by atoms with E-state index in [1.807, 2.05) is 0 Å². The van der Waals surface area contributed by atoms with E-state index in [4.69, 9.17) is 29.2 Å². The van der Waals surface area contributed by atoms with Crippen molar-refractivity contribution in [2.75, 3.05) is 21.3 Å². The van der Waals surface area contributed by atoms with E-state index >= 15 is 0 Å². The summed E-state index contributed by atoms with van der Waals surface area (Å²) >= 11 is 0. The monoisotopic (exact) mass is 390 g/mol. The predicted octanol–water partition coefficient (Wildman–Crippen LogP) is 2.38. The largest absolute Gasteiger partial charge is 0.478 e. The maximum Gasteiger partial charge on any atom is 0.356 e. The van der Waals surface area contributed by atoms with Crippen molar-refractivity contribution in [2.45, 2.75) is 39.8 Å². The average molecular weight is 390 g/mol. The molecular formula is C18H30O9. The van der Waals surface area contributed by atoms with Crippen molar-refractivity contribution >= 4 is 17.9 Å². The second-order valence-corrected chi connectivity index (χ2v) is 5.23. The zero-order valence-corrected chi connectivity index (χ0v) is 17.0. The maximum absolute atomic E-state index is 11.4. The van der Waals surface area contributed by atoms with Crippen molar-refractivity contribution in [3.63, 3.8) is 0 Å². The van der Waals surface area contributed by atoms with Gasteiger partial charge >= 0.3 is 23.9 Å². The summed E-state index contributed by atoms with van der Waals surface area (Å²) in [6.45, 7) is 15.9. The lowest BCUT2D eigenvalue weighted by Gasteiger charge is -2.33. The van der Waals surface area contributed by atoms with Crippen LogP contribution >= 0.6 is 0 Å². The molecule has 27 heavy (non-hydrogen) atoms. The molecule has 0 radical (unpaired) electrons. The first-order chi connectivity index (χ1) is 12.2. The third-order valence-electron chi connectivity index (χ3n) is 2.73. The van der Waals surface area contributed by atoms with E-state index in [1.54, 1.807) is 6.92 Å². The summed E-state index contributed by atoms with van der Waals surface area (Å²) in [5.41, 5.74) is 0.613. The number of aliphatic carboxylic acids is 2. The molecule has 0 bridgehead atoms. The Morgan fingerprint density at radius 3 is 1.26 bits per heavy atom. The molecule has 1 unspecified atom stereocenters. The minimum Gasteiger partial charge on any atom is -0.478 e. The number of hydrogen-bond donors (Lipinski definition) is 2. The third-order valence-corrected chi connectivity index (χ3v) is 2.73. The van der Waals surface area contributed by atoms with Crippen molar-refractivity contribution in [3.05, 3.63) is 36.5 Å². The fraction of sp³-hybridized carbons (Fsp3) is 0.500. The van der Waals surface area contributed by atoms with Crippen LogP contribution in [0.2, 0.25) is 0 Å². The van der Waals surface area contributed by atoms with E-state index in [0.29, 0.717) is 0 Å². The summed E-state index contributed by atoms with van der Waals surface area (Å²) in [6, 6.07) is 0. The number of carboxylic acids is 2. The molecule has 0 aliphatic rings. The van der Waals surface area contributed by atoms with Gasteiger partial charge in [0.25, 0.3) is 0 Å². The molecule has 0 spiro atoms. The van der Waals surface area contributed by atoms with Gasteiger partial charge in [-0.15, -0.1) is 0 Å². The van der Waals surface area contributed by atoms with E-state index in [1.165, 1.54) is 42.1 Å². The van der Waals surface area contributed by atoms with Crippen LogP contribution < -0.4 is 0 Å². The number of carbonyl (C=O) groups excluding carboxylic acids is 1. The highest BCUT2D eigenvalue weighted by atomic mass is 16.9. The highest BCUT2D eigenvalue weighted by Crippen LogP contribution is 2.21. The van der Waals surface area contributed by atoms with Gasteiger partial charge in [0.2, 0.25) is 0 Å². The Morgan fingerprint density at radius 1 is 0.815 bits per heavy atom. The number of carbonyl (C=O) groups is 3. The molecule has 9 heteroatoms. The van der Waals surface area contributed by atoms with Crippen LogP contribution in [0.3, 0.4) is 0 Å². The minimum atomic E-state index is -1.54. The predicted molar refractivity (Wildman–Crippen MR) is 99.0 cm³/mol. The maximum atomic E-state index is 11.4. The highest BCUT2D eigenvalue weighted by Gasteiger charge is 2.42. The molecule has 0 saturated heterocycles. The van der Waals surface area contributed by atoms with Gasteiger partial charge in [-0.25, -0.2) is 14.4 Å². The molecule has 0 aliphatic heterocycles. The Hall–Kier alpha value is -2.49. The van der Waals surface area contributed by atoms with Gasteiger partial charge in [-0.3, -0.25) is 0 Å². The summed E-state index contributed by atoms with van der Waals surface area (Å²) in [6.07, 6.45) is -0.559. The molecule has 0 saturated carbocycles. The fourth-order valence-corrected chi connectivity index (χ4v) is 0.942. The van der Waals surface area contributed by atoms with Gasteiger partial charge in [0.15, 0.2) is 0 Å². The Bertz CT molecular complexity index is 497. The van der Waals surface area contributed by atoms with Gasteiger partial charge in [0.05, 0.1) is 0 Å². The molecule has 2 N–H and O–H groups in total. The number of ether oxygens (including phenoxy) is 4. The lowest BCUT2D eigenvalue weighted by Crippen LogP contribution is -2.49. The lowest BCUT2D eigenvalue weighted by molar-refractivity contribution is -0.378. The molecule has 0 amide bonds. The smallest absolute Gasteiger partial charge is 0.356 e. The Morgan fingerprint density at radius 2 is 1.11 bits per heavy atom. The normalized spacial score (nSPS) is 10.8. The molecular weight excluding hydrogens is 360 g/mol. The van der Waals surface area contributed by atoms with E-state index in [0.717, 1.165) is 0 Å². The highest BCUT2D eigenvalue weighted by molar-refractivity contribution is 5.87. The topological polar surface area (TPSA) is 129 Å². The summed E-state index contributed by atoms with van der Waals surface area (Å²) in [4.78, 5) is 30.6. The van der Waals surface area contributed by atoms with Gasteiger partial charge in [0.1, 0.15) is 6.10 Å². The molecule has 0 aromatic heterocycles. The van der Waals surface area contributed by atoms with Crippen LogP contribution in [0.4, 0.5) is 0 Å². The number of hydrogen-bond acceptors (Lipinski definition) is 7. The number of methoxy groups -OCH3 is 3. The molecule has 0 heterocycles. The summed E-state index contributed by atoms with van der Waals surface area (Å²) < 4.78 is 20.1. The Labute approximate surface area is 159 Å². The number of esters is 1. The number of rotatable bonds is 8. The fourth-order valence-electron chi connectivity index (χ4n) is 0.942. The molecule has 156 valence electrons. The quantitative estimate of drug-likeness (QED) is 0.364. The Balaban J connectivity index is -0.000000394. The zero-order chi connectivity index (χ0) is 22.4. The first-order valence-corrected chi connectivity index (χ1v) is 7.51. The molecule has 1 atom stereocenters. The molecule has 9 nitrogen and oxygen atoms in total. The van der Waals surface area contributed by atoms with Crippen molar-refractivity contribution in [2.24, 2.45) is 0 Å². The Kier molecular flexibility index (Phi) is 15.9. The minimum absolute atomic E-state index is 0.176. The van der Waals surface area contributed by atoms with Crippen LogP contribution in [0.1, 0.15) is 27.7 Å². The van der Waals surface area contributed by atoms with Crippen molar-refractivity contribution in [3.8, 4) is 0 Å². The lowest BCUT2D eigenvalue weighted by atomic mass is 10.3.